The Morgan fingerprint density at radius 2 is 2.11 bits per heavy atom. The standard InChI is InChI=1S/C13H25N3OS/c1-2-5-15-6-8-16(9-7-15)13(18)14-11-12-4-3-10-17-12/h12H,2-11H2,1H3,(H,14,18)/t12-/m0/s1. The van der Waals surface area contributed by atoms with Gasteiger partial charge in [0.1, 0.15) is 0 Å². The van der Waals surface area contributed by atoms with E-state index in [1.165, 1.54) is 25.8 Å². The van der Waals surface area contributed by atoms with E-state index < -0.39 is 0 Å². The quantitative estimate of drug-likeness (QED) is 0.772. The lowest BCUT2D eigenvalue weighted by Gasteiger charge is -2.36. The highest BCUT2D eigenvalue weighted by molar-refractivity contribution is 7.80. The van der Waals surface area contributed by atoms with E-state index in [4.69, 9.17) is 17.0 Å². The third kappa shape index (κ3) is 4.07. The molecule has 2 aliphatic rings. The molecule has 0 aromatic carbocycles. The Balaban J connectivity index is 1.64. The van der Waals surface area contributed by atoms with Crippen LogP contribution in [0.25, 0.3) is 0 Å². The second kappa shape index (κ2) is 7.26. The van der Waals surface area contributed by atoms with E-state index in [1.54, 1.807) is 0 Å². The Bertz CT molecular complexity index is 261. The van der Waals surface area contributed by atoms with Crippen molar-refractivity contribution in [1.29, 1.82) is 0 Å². The summed E-state index contributed by atoms with van der Waals surface area (Å²) >= 11 is 5.45. The van der Waals surface area contributed by atoms with Gasteiger partial charge in [-0.05, 0) is 38.0 Å². The van der Waals surface area contributed by atoms with Crippen molar-refractivity contribution in [1.82, 2.24) is 15.1 Å². The molecule has 2 aliphatic heterocycles. The summed E-state index contributed by atoms with van der Waals surface area (Å²) in [5, 5.41) is 4.26. The Morgan fingerprint density at radius 1 is 1.33 bits per heavy atom. The Morgan fingerprint density at radius 3 is 2.72 bits per heavy atom. The van der Waals surface area contributed by atoms with Crippen LogP contribution >= 0.6 is 12.2 Å². The highest BCUT2D eigenvalue weighted by Crippen LogP contribution is 2.11. The Labute approximate surface area is 116 Å². The van der Waals surface area contributed by atoms with Crippen LogP contribution in [0.2, 0.25) is 0 Å². The first-order chi connectivity index (χ1) is 8.79. The summed E-state index contributed by atoms with van der Waals surface area (Å²) in [5.41, 5.74) is 0. The maximum absolute atomic E-state index is 5.59. The Kier molecular flexibility index (Phi) is 5.66. The van der Waals surface area contributed by atoms with Crippen LogP contribution in [0.3, 0.4) is 0 Å². The molecule has 0 unspecified atom stereocenters. The fourth-order valence-electron chi connectivity index (χ4n) is 2.61. The molecule has 0 aromatic rings. The van der Waals surface area contributed by atoms with E-state index in [1.807, 2.05) is 0 Å². The van der Waals surface area contributed by atoms with Gasteiger partial charge in [-0.15, -0.1) is 0 Å². The molecule has 104 valence electrons. The summed E-state index contributed by atoms with van der Waals surface area (Å²) in [4.78, 5) is 4.80. The van der Waals surface area contributed by atoms with Crippen LogP contribution in [0, 0.1) is 0 Å². The van der Waals surface area contributed by atoms with Gasteiger partial charge in [-0.3, -0.25) is 4.90 Å². The zero-order chi connectivity index (χ0) is 12.8. The largest absolute Gasteiger partial charge is 0.376 e. The molecule has 0 radical (unpaired) electrons. The van der Waals surface area contributed by atoms with E-state index in [-0.39, 0.29) is 0 Å². The van der Waals surface area contributed by atoms with Gasteiger partial charge in [-0.1, -0.05) is 6.92 Å². The van der Waals surface area contributed by atoms with Crippen LogP contribution in [-0.4, -0.2) is 66.9 Å². The molecule has 4 nitrogen and oxygen atoms in total. The molecule has 1 N–H and O–H groups in total. The molecule has 0 spiro atoms. The number of hydrogen-bond donors (Lipinski definition) is 1. The van der Waals surface area contributed by atoms with Gasteiger partial charge in [0.2, 0.25) is 0 Å². The second-order valence-corrected chi connectivity index (χ2v) is 5.54. The summed E-state index contributed by atoms with van der Waals surface area (Å²) in [7, 11) is 0. The van der Waals surface area contributed by atoms with Crippen LogP contribution in [0.1, 0.15) is 26.2 Å². The number of rotatable bonds is 4. The van der Waals surface area contributed by atoms with Gasteiger partial charge in [-0.2, -0.15) is 0 Å². The van der Waals surface area contributed by atoms with E-state index in [9.17, 15) is 0 Å². The minimum atomic E-state index is 0.365. The molecule has 5 heteroatoms. The first-order valence-corrected chi connectivity index (χ1v) is 7.57. The van der Waals surface area contributed by atoms with Crippen molar-refractivity contribution in [2.24, 2.45) is 0 Å². The number of ether oxygens (including phenoxy) is 1. The molecule has 0 aliphatic carbocycles. The van der Waals surface area contributed by atoms with Crippen molar-refractivity contribution in [2.75, 3.05) is 45.9 Å². The van der Waals surface area contributed by atoms with Crippen LogP contribution in [0.4, 0.5) is 0 Å². The SMILES string of the molecule is CCCN1CCN(C(=S)NC[C@@H]2CCCO2)CC1. The molecule has 2 saturated heterocycles. The topological polar surface area (TPSA) is 27.7 Å². The number of nitrogens with one attached hydrogen (secondary N) is 1. The van der Waals surface area contributed by atoms with E-state index in [2.05, 4.69) is 22.0 Å². The Hall–Kier alpha value is -0.390. The number of thiocarbonyl (C=S) groups is 1. The highest BCUT2D eigenvalue weighted by atomic mass is 32.1. The van der Waals surface area contributed by atoms with Gasteiger partial charge in [0.25, 0.3) is 0 Å². The molecule has 2 fully saturated rings. The number of hydrogen-bond acceptors (Lipinski definition) is 3. The van der Waals surface area contributed by atoms with Crippen LogP contribution in [-0.2, 0) is 4.74 Å². The highest BCUT2D eigenvalue weighted by Gasteiger charge is 2.20. The van der Waals surface area contributed by atoms with Crippen LogP contribution < -0.4 is 5.32 Å². The lowest BCUT2D eigenvalue weighted by atomic mass is 10.2. The van der Waals surface area contributed by atoms with Gasteiger partial charge in [0.05, 0.1) is 6.10 Å². The van der Waals surface area contributed by atoms with Crippen LogP contribution in [0.15, 0.2) is 0 Å². The van der Waals surface area contributed by atoms with Crippen molar-refractivity contribution in [3.63, 3.8) is 0 Å². The molecule has 18 heavy (non-hydrogen) atoms. The zero-order valence-electron chi connectivity index (χ0n) is 11.4. The maximum Gasteiger partial charge on any atom is 0.169 e. The molecule has 0 bridgehead atoms. The smallest absolute Gasteiger partial charge is 0.169 e. The van der Waals surface area contributed by atoms with Gasteiger partial charge >= 0.3 is 0 Å². The van der Waals surface area contributed by atoms with Crippen molar-refractivity contribution in [2.45, 2.75) is 32.3 Å². The van der Waals surface area contributed by atoms with Gasteiger partial charge in [0.15, 0.2) is 5.11 Å². The predicted octanol–water partition coefficient (Wildman–Crippen LogP) is 1.07. The minimum absolute atomic E-state index is 0.365. The molecule has 2 heterocycles. The molecular weight excluding hydrogens is 246 g/mol. The molecule has 0 amide bonds. The van der Waals surface area contributed by atoms with E-state index in [0.717, 1.165) is 44.4 Å². The first kappa shape index (κ1) is 14.0. The molecule has 2 rings (SSSR count). The molecule has 0 aromatic heterocycles. The average molecular weight is 271 g/mol. The number of piperazine rings is 1. The molecular formula is C13H25N3OS. The summed E-state index contributed by atoms with van der Waals surface area (Å²) in [5.74, 6) is 0. The van der Waals surface area contributed by atoms with Gasteiger partial charge in [-0.25, -0.2) is 0 Å². The maximum atomic E-state index is 5.59. The third-order valence-electron chi connectivity index (χ3n) is 3.70. The third-order valence-corrected chi connectivity index (χ3v) is 4.11. The molecule has 0 saturated carbocycles. The summed E-state index contributed by atoms with van der Waals surface area (Å²) < 4.78 is 5.59. The fourth-order valence-corrected chi connectivity index (χ4v) is 2.87. The minimum Gasteiger partial charge on any atom is -0.376 e. The van der Waals surface area contributed by atoms with E-state index >= 15 is 0 Å². The summed E-state index contributed by atoms with van der Waals surface area (Å²) in [6.45, 7) is 9.60. The van der Waals surface area contributed by atoms with Crippen molar-refractivity contribution < 1.29 is 4.74 Å². The van der Waals surface area contributed by atoms with Crippen LogP contribution in [0.5, 0.6) is 0 Å². The number of nitrogens with zero attached hydrogens (tertiary/aromatic N) is 2. The van der Waals surface area contributed by atoms with E-state index in [0.29, 0.717) is 6.10 Å². The summed E-state index contributed by atoms with van der Waals surface area (Å²) in [6, 6.07) is 0. The lowest BCUT2D eigenvalue weighted by molar-refractivity contribution is 0.112. The fraction of sp³-hybridized carbons (Fsp3) is 0.923. The van der Waals surface area contributed by atoms with Crippen molar-refractivity contribution in [3.8, 4) is 0 Å². The van der Waals surface area contributed by atoms with Crippen molar-refractivity contribution >= 4 is 17.3 Å². The van der Waals surface area contributed by atoms with Gasteiger partial charge in [0, 0.05) is 39.3 Å². The monoisotopic (exact) mass is 271 g/mol. The first-order valence-electron chi connectivity index (χ1n) is 7.16. The average Bonchev–Trinajstić information content (AvgIpc) is 2.90. The predicted molar refractivity (Wildman–Crippen MR) is 77.9 cm³/mol. The normalized spacial score (nSPS) is 25.4. The molecule has 1 atom stereocenters. The van der Waals surface area contributed by atoms with Crippen molar-refractivity contribution in [3.05, 3.63) is 0 Å². The lowest BCUT2D eigenvalue weighted by Crippen LogP contribution is -2.52. The van der Waals surface area contributed by atoms with Gasteiger partial charge < -0.3 is 15.0 Å². The second-order valence-electron chi connectivity index (χ2n) is 5.15. The summed E-state index contributed by atoms with van der Waals surface area (Å²) in [6.07, 6.45) is 3.96. The zero-order valence-corrected chi connectivity index (χ0v) is 12.2.